The molecule has 10 nitrogen and oxygen atoms in total. The van der Waals surface area contributed by atoms with E-state index in [2.05, 4.69) is 53.5 Å². The highest BCUT2D eigenvalue weighted by Crippen LogP contribution is 2.31. The molecule has 3 aromatic heterocycles. The van der Waals surface area contributed by atoms with E-state index in [1.807, 2.05) is 24.3 Å². The van der Waals surface area contributed by atoms with Gasteiger partial charge in [-0.1, -0.05) is 12.1 Å². The number of para-hydroxylation sites is 2. The number of nitrogens with one attached hydrogen (secondary N) is 2. The van der Waals surface area contributed by atoms with E-state index >= 15 is 0 Å². The molecule has 0 spiro atoms. The van der Waals surface area contributed by atoms with Crippen LogP contribution in [-0.2, 0) is 11.3 Å². The molecule has 0 saturated carbocycles. The maximum atomic E-state index is 5.54. The average Bonchev–Trinajstić information content (AvgIpc) is 3.50. The van der Waals surface area contributed by atoms with Gasteiger partial charge in [0.05, 0.1) is 30.8 Å². The van der Waals surface area contributed by atoms with Crippen LogP contribution in [0.5, 0.6) is 0 Å². The van der Waals surface area contributed by atoms with Crippen molar-refractivity contribution in [3.8, 4) is 0 Å². The fourth-order valence-electron chi connectivity index (χ4n) is 5.36. The lowest BCUT2D eigenvalue weighted by Crippen LogP contribution is -2.49. The number of nitrogens with zero attached hydrogens (tertiary/aromatic N) is 7. The Hall–Kier alpha value is -3.24. The van der Waals surface area contributed by atoms with Crippen molar-refractivity contribution in [2.45, 2.75) is 45.3 Å². The second-order valence-electron chi connectivity index (χ2n) is 9.69. The lowest BCUT2D eigenvalue weighted by atomic mass is 10.0. The standard InChI is InChI=1S/C25H33N9O/c1-17(2)34-24-22(31-25(34)33-9-7-18(8-10-33)32-11-13-35-14-12-32)23(27-16-28-24)26-15-21-29-19-5-3-4-6-20(19)30-21/h3-6,16-18H,7-15H2,1-2H3,(H,29,30)(H,26,27,28). The molecule has 4 aromatic rings. The monoisotopic (exact) mass is 475 g/mol. The Morgan fingerprint density at radius 1 is 1.06 bits per heavy atom. The van der Waals surface area contributed by atoms with E-state index in [1.54, 1.807) is 6.33 Å². The largest absolute Gasteiger partial charge is 0.379 e. The molecule has 2 saturated heterocycles. The van der Waals surface area contributed by atoms with Gasteiger partial charge in [-0.2, -0.15) is 0 Å². The fraction of sp³-hybridized carbons (Fsp3) is 0.520. The molecule has 0 aliphatic carbocycles. The number of fused-ring (bicyclic) bond motifs is 2. The van der Waals surface area contributed by atoms with Crippen molar-refractivity contribution < 1.29 is 4.74 Å². The van der Waals surface area contributed by atoms with Crippen LogP contribution in [0.2, 0.25) is 0 Å². The zero-order valence-electron chi connectivity index (χ0n) is 20.4. The average molecular weight is 476 g/mol. The number of benzene rings is 1. The van der Waals surface area contributed by atoms with Crippen LogP contribution < -0.4 is 10.2 Å². The van der Waals surface area contributed by atoms with E-state index in [4.69, 9.17) is 9.72 Å². The number of aromatic amines is 1. The van der Waals surface area contributed by atoms with E-state index in [1.165, 1.54) is 0 Å². The topological polar surface area (TPSA) is 100 Å². The van der Waals surface area contributed by atoms with Crippen molar-refractivity contribution in [3.05, 3.63) is 36.4 Å². The molecule has 0 bridgehead atoms. The highest BCUT2D eigenvalue weighted by Gasteiger charge is 2.29. The zero-order chi connectivity index (χ0) is 23.8. The molecule has 2 fully saturated rings. The van der Waals surface area contributed by atoms with E-state index in [0.29, 0.717) is 12.6 Å². The smallest absolute Gasteiger partial charge is 0.208 e. The molecule has 2 aliphatic heterocycles. The van der Waals surface area contributed by atoms with Crippen LogP contribution in [0, 0.1) is 0 Å². The molecular weight excluding hydrogens is 442 g/mol. The Balaban J connectivity index is 1.23. The third-order valence-corrected chi connectivity index (χ3v) is 7.15. The first-order chi connectivity index (χ1) is 17.2. The first-order valence-corrected chi connectivity index (χ1v) is 12.6. The minimum Gasteiger partial charge on any atom is -0.379 e. The van der Waals surface area contributed by atoms with Crippen molar-refractivity contribution in [1.82, 2.24) is 34.4 Å². The van der Waals surface area contributed by atoms with Crippen LogP contribution in [0.15, 0.2) is 30.6 Å². The molecule has 6 rings (SSSR count). The van der Waals surface area contributed by atoms with Crippen LogP contribution in [0.4, 0.5) is 11.8 Å². The molecule has 10 heteroatoms. The molecule has 0 radical (unpaired) electrons. The van der Waals surface area contributed by atoms with E-state index in [9.17, 15) is 0 Å². The van der Waals surface area contributed by atoms with Gasteiger partial charge < -0.3 is 19.9 Å². The molecule has 184 valence electrons. The lowest BCUT2D eigenvalue weighted by molar-refractivity contribution is 0.0114. The number of imidazole rings is 2. The van der Waals surface area contributed by atoms with Gasteiger partial charge in [-0.05, 0) is 38.8 Å². The predicted octanol–water partition coefficient (Wildman–Crippen LogP) is 3.20. The van der Waals surface area contributed by atoms with Crippen LogP contribution >= 0.6 is 0 Å². The van der Waals surface area contributed by atoms with Crippen molar-refractivity contribution in [1.29, 1.82) is 0 Å². The van der Waals surface area contributed by atoms with Gasteiger partial charge in [0.2, 0.25) is 5.95 Å². The summed E-state index contributed by atoms with van der Waals surface area (Å²) in [4.78, 5) is 27.3. The van der Waals surface area contributed by atoms with Crippen LogP contribution in [-0.4, -0.2) is 79.8 Å². The number of hydrogen-bond acceptors (Lipinski definition) is 8. The minimum absolute atomic E-state index is 0.241. The van der Waals surface area contributed by atoms with Crippen LogP contribution in [0.1, 0.15) is 38.6 Å². The third kappa shape index (κ3) is 4.32. The summed E-state index contributed by atoms with van der Waals surface area (Å²) < 4.78 is 7.79. The van der Waals surface area contributed by atoms with Crippen molar-refractivity contribution in [2.75, 3.05) is 49.6 Å². The number of morpholine rings is 1. The zero-order valence-corrected chi connectivity index (χ0v) is 20.4. The Bertz CT molecular complexity index is 1270. The first kappa shape index (κ1) is 22.2. The Kier molecular flexibility index (Phi) is 5.99. The molecule has 35 heavy (non-hydrogen) atoms. The van der Waals surface area contributed by atoms with Crippen molar-refractivity contribution in [3.63, 3.8) is 0 Å². The highest BCUT2D eigenvalue weighted by molar-refractivity contribution is 5.85. The maximum absolute atomic E-state index is 5.54. The van der Waals surface area contributed by atoms with Gasteiger partial charge in [0, 0.05) is 38.3 Å². The molecule has 1 aromatic carbocycles. The lowest BCUT2D eigenvalue weighted by Gasteiger charge is -2.40. The van der Waals surface area contributed by atoms with Gasteiger partial charge in [-0.15, -0.1) is 0 Å². The summed E-state index contributed by atoms with van der Waals surface area (Å²) >= 11 is 0. The number of piperidine rings is 1. The Morgan fingerprint density at radius 3 is 2.63 bits per heavy atom. The maximum Gasteiger partial charge on any atom is 0.208 e. The van der Waals surface area contributed by atoms with E-state index in [-0.39, 0.29) is 6.04 Å². The van der Waals surface area contributed by atoms with Gasteiger partial charge in [0.1, 0.15) is 12.2 Å². The summed E-state index contributed by atoms with van der Waals surface area (Å²) in [6.45, 7) is 10.7. The van der Waals surface area contributed by atoms with Crippen molar-refractivity contribution in [2.24, 2.45) is 0 Å². The Morgan fingerprint density at radius 2 is 1.86 bits per heavy atom. The third-order valence-electron chi connectivity index (χ3n) is 7.15. The number of ether oxygens (including phenoxy) is 1. The van der Waals surface area contributed by atoms with Crippen molar-refractivity contribution >= 4 is 34.0 Å². The summed E-state index contributed by atoms with van der Waals surface area (Å²) in [5.41, 5.74) is 3.67. The number of H-pyrrole nitrogens is 1. The number of rotatable bonds is 6. The Labute approximate surface area is 204 Å². The van der Waals surface area contributed by atoms with E-state index in [0.717, 1.165) is 92.0 Å². The molecule has 2 aliphatic rings. The minimum atomic E-state index is 0.241. The van der Waals surface area contributed by atoms with Crippen LogP contribution in [0.3, 0.4) is 0 Å². The molecule has 2 N–H and O–H groups in total. The molecule has 0 unspecified atom stereocenters. The summed E-state index contributed by atoms with van der Waals surface area (Å²) in [5, 5.41) is 3.44. The molecule has 5 heterocycles. The second kappa shape index (κ2) is 9.43. The summed E-state index contributed by atoms with van der Waals surface area (Å²) in [7, 11) is 0. The first-order valence-electron chi connectivity index (χ1n) is 12.6. The predicted molar refractivity (Wildman–Crippen MR) is 137 cm³/mol. The summed E-state index contributed by atoms with van der Waals surface area (Å²) in [6, 6.07) is 8.93. The van der Waals surface area contributed by atoms with Gasteiger partial charge in [0.15, 0.2) is 17.0 Å². The number of hydrogen-bond donors (Lipinski definition) is 2. The number of anilines is 2. The second-order valence-corrected chi connectivity index (χ2v) is 9.69. The summed E-state index contributed by atoms with van der Waals surface area (Å²) in [6.07, 6.45) is 3.91. The molecule has 0 atom stereocenters. The SMILES string of the molecule is CC(C)n1c(N2CCC(N3CCOCC3)CC2)nc2c(NCc3nc4ccccc4[nH]3)ncnc21. The summed E-state index contributed by atoms with van der Waals surface area (Å²) in [5.74, 6) is 2.59. The van der Waals surface area contributed by atoms with Gasteiger partial charge in [-0.25, -0.2) is 19.9 Å². The number of aromatic nitrogens is 6. The molecular formula is C25H33N9O. The van der Waals surface area contributed by atoms with E-state index < -0.39 is 0 Å². The fourth-order valence-corrected chi connectivity index (χ4v) is 5.36. The molecule has 0 amide bonds. The highest BCUT2D eigenvalue weighted by atomic mass is 16.5. The normalized spacial score (nSPS) is 18.2. The quantitative estimate of drug-likeness (QED) is 0.439. The van der Waals surface area contributed by atoms with Gasteiger partial charge >= 0.3 is 0 Å². The van der Waals surface area contributed by atoms with Crippen LogP contribution in [0.25, 0.3) is 22.2 Å². The van der Waals surface area contributed by atoms with Gasteiger partial charge in [0.25, 0.3) is 0 Å². The van der Waals surface area contributed by atoms with Gasteiger partial charge in [-0.3, -0.25) is 9.47 Å².